The molecule has 0 spiro atoms. The number of nitrogens with two attached hydrogens (primary N) is 1. The van der Waals surface area contributed by atoms with E-state index in [2.05, 4.69) is 6.07 Å². The summed E-state index contributed by atoms with van der Waals surface area (Å²) in [7, 11) is 0. The molecule has 9 heteroatoms. The highest BCUT2D eigenvalue weighted by atomic mass is 35.5. The zero-order valence-corrected chi connectivity index (χ0v) is 22.2. The zero-order valence-electron chi connectivity index (χ0n) is 20.6. The second-order valence-corrected chi connectivity index (χ2v) is 9.76. The van der Waals surface area contributed by atoms with Gasteiger partial charge < -0.3 is 24.7 Å². The Balaban J connectivity index is 1.50. The smallest absolute Gasteiger partial charge is 0.355 e. The number of hydrogen-bond donors (Lipinski definition) is 1. The molecule has 3 aromatic carbocycles. The summed E-state index contributed by atoms with van der Waals surface area (Å²) in [5, 5.41) is 11.1. The summed E-state index contributed by atoms with van der Waals surface area (Å²) in [6, 6.07) is 20.2. The van der Waals surface area contributed by atoms with Gasteiger partial charge in [-0.05, 0) is 43.7 Å². The van der Waals surface area contributed by atoms with E-state index in [1.165, 1.54) is 11.3 Å². The van der Waals surface area contributed by atoms with Crippen LogP contribution in [0.4, 0.5) is 0 Å². The fourth-order valence-corrected chi connectivity index (χ4v) is 5.77. The van der Waals surface area contributed by atoms with Crippen molar-refractivity contribution in [2.24, 2.45) is 5.73 Å². The molecule has 5 rings (SSSR count). The number of fused-ring (bicyclic) bond motifs is 2. The van der Waals surface area contributed by atoms with Crippen LogP contribution in [0.3, 0.4) is 0 Å². The molecule has 1 atom stereocenters. The van der Waals surface area contributed by atoms with Crippen molar-refractivity contribution < 1.29 is 23.7 Å². The highest BCUT2D eigenvalue weighted by Crippen LogP contribution is 2.45. The Morgan fingerprint density at radius 3 is 2.58 bits per heavy atom. The van der Waals surface area contributed by atoms with E-state index >= 15 is 0 Å². The Morgan fingerprint density at radius 2 is 1.84 bits per heavy atom. The first-order chi connectivity index (χ1) is 18.4. The van der Waals surface area contributed by atoms with Crippen LogP contribution in [0.25, 0.3) is 10.1 Å². The lowest BCUT2D eigenvalue weighted by Gasteiger charge is -2.27. The van der Waals surface area contributed by atoms with Crippen molar-refractivity contribution >= 4 is 39.0 Å². The first kappa shape index (κ1) is 25.5. The predicted molar refractivity (Wildman–Crippen MR) is 146 cm³/mol. The SMILES string of the molecule is CCOc1ccc(C2C(C#N)=C(N)Oc3cc(OC(=O)c4sc5ccccc5c4Cl)ccc32)cc1OCC. The largest absolute Gasteiger partial charge is 0.490 e. The van der Waals surface area contributed by atoms with Crippen molar-refractivity contribution in [3.05, 3.63) is 93.1 Å². The number of benzene rings is 3. The topological polar surface area (TPSA) is 104 Å². The molecule has 0 radical (unpaired) electrons. The fourth-order valence-electron chi connectivity index (χ4n) is 4.39. The van der Waals surface area contributed by atoms with Gasteiger partial charge in [-0.15, -0.1) is 11.3 Å². The molecule has 1 unspecified atom stereocenters. The van der Waals surface area contributed by atoms with Crippen LogP contribution in [-0.4, -0.2) is 19.2 Å². The van der Waals surface area contributed by atoms with E-state index in [0.717, 1.165) is 15.6 Å². The minimum atomic E-state index is -0.572. The number of carbonyl (C=O) groups is 1. The third-order valence-corrected chi connectivity index (χ3v) is 7.68. The number of carbonyl (C=O) groups excluding carboxylic acids is 1. The van der Waals surface area contributed by atoms with E-state index in [1.807, 2.05) is 56.3 Å². The molecule has 7 nitrogen and oxygen atoms in total. The molecule has 4 aromatic rings. The molecule has 1 aromatic heterocycles. The molecule has 1 aliphatic rings. The van der Waals surface area contributed by atoms with E-state index in [9.17, 15) is 10.1 Å². The molecule has 1 aliphatic heterocycles. The molecular weight excluding hydrogens is 524 g/mol. The Kier molecular flexibility index (Phi) is 7.14. The van der Waals surface area contributed by atoms with Crippen molar-refractivity contribution in [1.82, 2.24) is 0 Å². The fraction of sp³-hybridized carbons (Fsp3) is 0.172. The Hall–Kier alpha value is -4.19. The summed E-state index contributed by atoms with van der Waals surface area (Å²) in [5.41, 5.74) is 7.91. The highest BCUT2D eigenvalue weighted by Gasteiger charge is 2.32. The minimum absolute atomic E-state index is 0.0205. The molecule has 2 N–H and O–H groups in total. The van der Waals surface area contributed by atoms with Crippen LogP contribution < -0.4 is 24.7 Å². The van der Waals surface area contributed by atoms with E-state index in [1.54, 1.807) is 18.2 Å². The van der Waals surface area contributed by atoms with Gasteiger partial charge in [-0.3, -0.25) is 0 Å². The highest BCUT2D eigenvalue weighted by molar-refractivity contribution is 7.21. The van der Waals surface area contributed by atoms with E-state index in [-0.39, 0.29) is 17.2 Å². The molecule has 192 valence electrons. The van der Waals surface area contributed by atoms with Crippen molar-refractivity contribution in [2.45, 2.75) is 19.8 Å². The molecule has 2 heterocycles. The van der Waals surface area contributed by atoms with Gasteiger partial charge >= 0.3 is 5.97 Å². The number of esters is 1. The van der Waals surface area contributed by atoms with Crippen LogP contribution in [-0.2, 0) is 0 Å². The maximum absolute atomic E-state index is 13.0. The summed E-state index contributed by atoms with van der Waals surface area (Å²) in [4.78, 5) is 13.3. The second kappa shape index (κ2) is 10.7. The second-order valence-electron chi connectivity index (χ2n) is 8.33. The van der Waals surface area contributed by atoms with E-state index < -0.39 is 11.9 Å². The Bertz CT molecular complexity index is 1620. The quantitative estimate of drug-likeness (QED) is 0.201. The number of hydrogen-bond acceptors (Lipinski definition) is 8. The van der Waals surface area contributed by atoms with Gasteiger partial charge in [0, 0.05) is 21.7 Å². The number of rotatable bonds is 7. The van der Waals surface area contributed by atoms with Crippen LogP contribution in [0.1, 0.15) is 40.6 Å². The number of ether oxygens (including phenoxy) is 4. The van der Waals surface area contributed by atoms with Crippen LogP contribution in [0, 0.1) is 11.3 Å². The predicted octanol–water partition coefficient (Wildman–Crippen LogP) is 6.79. The zero-order chi connectivity index (χ0) is 26.8. The molecule has 0 amide bonds. The number of nitrogens with zero attached hydrogens (tertiary/aromatic N) is 1. The molecule has 0 aliphatic carbocycles. The normalized spacial score (nSPS) is 14.4. The number of nitriles is 1. The lowest BCUT2D eigenvalue weighted by molar-refractivity contribution is 0.0740. The van der Waals surface area contributed by atoms with Crippen LogP contribution >= 0.6 is 22.9 Å². The van der Waals surface area contributed by atoms with Gasteiger partial charge in [0.2, 0.25) is 5.88 Å². The van der Waals surface area contributed by atoms with Gasteiger partial charge in [0.05, 0.1) is 24.2 Å². The van der Waals surface area contributed by atoms with Gasteiger partial charge in [-0.25, -0.2) is 4.79 Å². The standard InChI is InChI=1S/C29H23ClN2O5S/c1-3-34-21-12-9-16(13-23(21)35-4-2)25-18-11-10-17(14-22(18)37-28(32)20(25)15-31)36-29(33)27-26(30)19-7-5-6-8-24(19)38-27/h5-14,25H,3-4,32H2,1-2H3. The summed E-state index contributed by atoms with van der Waals surface area (Å²) in [6.07, 6.45) is 0. The third kappa shape index (κ3) is 4.62. The summed E-state index contributed by atoms with van der Waals surface area (Å²) < 4.78 is 23.8. The lowest BCUT2D eigenvalue weighted by atomic mass is 9.83. The van der Waals surface area contributed by atoms with Gasteiger partial charge in [0.1, 0.15) is 28.0 Å². The molecule has 0 saturated carbocycles. The van der Waals surface area contributed by atoms with Gasteiger partial charge in [-0.1, -0.05) is 41.9 Å². The maximum atomic E-state index is 13.0. The summed E-state index contributed by atoms with van der Waals surface area (Å²) in [5.74, 6) is 0.720. The van der Waals surface area contributed by atoms with E-state index in [4.69, 9.17) is 36.3 Å². The number of thiophene rings is 1. The van der Waals surface area contributed by atoms with Gasteiger partial charge in [0.15, 0.2) is 11.5 Å². The Morgan fingerprint density at radius 1 is 1.08 bits per heavy atom. The van der Waals surface area contributed by atoms with Crippen molar-refractivity contribution in [3.8, 4) is 29.1 Å². The molecule has 0 fully saturated rings. The average Bonchev–Trinajstić information content (AvgIpc) is 3.25. The third-order valence-electron chi connectivity index (χ3n) is 6.02. The number of halogens is 1. The van der Waals surface area contributed by atoms with Crippen LogP contribution in [0.15, 0.2) is 72.1 Å². The molecule has 38 heavy (non-hydrogen) atoms. The maximum Gasteiger partial charge on any atom is 0.355 e. The minimum Gasteiger partial charge on any atom is -0.490 e. The van der Waals surface area contributed by atoms with Crippen LogP contribution in [0.5, 0.6) is 23.0 Å². The summed E-state index contributed by atoms with van der Waals surface area (Å²) >= 11 is 7.72. The number of allylic oxidation sites excluding steroid dienone is 1. The van der Waals surface area contributed by atoms with Crippen molar-refractivity contribution in [3.63, 3.8) is 0 Å². The molecule has 0 bridgehead atoms. The Labute approximate surface area is 228 Å². The average molecular weight is 547 g/mol. The van der Waals surface area contributed by atoms with Crippen LogP contribution in [0.2, 0.25) is 5.02 Å². The van der Waals surface area contributed by atoms with Gasteiger partial charge in [-0.2, -0.15) is 5.26 Å². The summed E-state index contributed by atoms with van der Waals surface area (Å²) in [6.45, 7) is 4.73. The van der Waals surface area contributed by atoms with Gasteiger partial charge in [0.25, 0.3) is 0 Å². The first-order valence-electron chi connectivity index (χ1n) is 11.9. The lowest BCUT2D eigenvalue weighted by Crippen LogP contribution is -2.21. The first-order valence-corrected chi connectivity index (χ1v) is 13.1. The molecular formula is C29H23ClN2O5S. The molecule has 0 saturated heterocycles. The van der Waals surface area contributed by atoms with E-state index in [0.29, 0.717) is 45.9 Å². The van der Waals surface area contributed by atoms with Crippen molar-refractivity contribution in [2.75, 3.05) is 13.2 Å². The monoisotopic (exact) mass is 546 g/mol. The van der Waals surface area contributed by atoms with Crippen molar-refractivity contribution in [1.29, 1.82) is 5.26 Å².